The molecule has 0 fully saturated rings. The number of carbonyl (C=O) groups excluding carboxylic acids is 3. The number of nitrogens with one attached hydrogen (secondary N) is 1. The zero-order valence-electron chi connectivity index (χ0n) is 16.5. The molecular formula is C22H24BrNO5. The highest BCUT2D eigenvalue weighted by atomic mass is 79.9. The third kappa shape index (κ3) is 7.69. The van der Waals surface area contributed by atoms with Crippen LogP contribution >= 0.6 is 15.9 Å². The molecule has 1 amide bonds. The number of anilines is 1. The van der Waals surface area contributed by atoms with E-state index in [4.69, 9.17) is 9.47 Å². The molecule has 2 aromatic carbocycles. The highest BCUT2D eigenvalue weighted by Crippen LogP contribution is 2.23. The lowest BCUT2D eigenvalue weighted by Gasteiger charge is -2.09. The molecule has 0 saturated carbocycles. The SMILES string of the molecule is CCCOc1ccc(C(=O)CCC(=O)OCC(=O)Nc2ccc(C)cc2Br)cc1. The van der Waals surface area contributed by atoms with Crippen LogP contribution in [-0.2, 0) is 14.3 Å². The Labute approximate surface area is 178 Å². The highest BCUT2D eigenvalue weighted by molar-refractivity contribution is 9.10. The van der Waals surface area contributed by atoms with Crippen LogP contribution in [0.4, 0.5) is 5.69 Å². The maximum Gasteiger partial charge on any atom is 0.306 e. The van der Waals surface area contributed by atoms with E-state index < -0.39 is 18.5 Å². The van der Waals surface area contributed by atoms with Gasteiger partial charge in [-0.2, -0.15) is 0 Å². The topological polar surface area (TPSA) is 81.7 Å². The predicted molar refractivity (Wildman–Crippen MR) is 114 cm³/mol. The number of hydrogen-bond acceptors (Lipinski definition) is 5. The molecule has 2 aromatic rings. The first-order valence-corrected chi connectivity index (χ1v) is 10.2. The lowest BCUT2D eigenvalue weighted by Crippen LogP contribution is -2.21. The number of esters is 1. The van der Waals surface area contributed by atoms with Gasteiger partial charge >= 0.3 is 5.97 Å². The van der Waals surface area contributed by atoms with Gasteiger partial charge in [-0.25, -0.2) is 0 Å². The van der Waals surface area contributed by atoms with Crippen LogP contribution < -0.4 is 10.1 Å². The third-order valence-electron chi connectivity index (χ3n) is 3.97. The van der Waals surface area contributed by atoms with Gasteiger partial charge in [-0.1, -0.05) is 13.0 Å². The summed E-state index contributed by atoms with van der Waals surface area (Å²) in [7, 11) is 0. The van der Waals surface area contributed by atoms with Crippen molar-refractivity contribution in [3.05, 3.63) is 58.1 Å². The molecule has 0 unspecified atom stereocenters. The first-order chi connectivity index (χ1) is 13.9. The summed E-state index contributed by atoms with van der Waals surface area (Å²) in [5.74, 6) is -0.512. The van der Waals surface area contributed by atoms with Gasteiger partial charge in [0.15, 0.2) is 12.4 Å². The summed E-state index contributed by atoms with van der Waals surface area (Å²) in [5.41, 5.74) is 2.15. The zero-order chi connectivity index (χ0) is 21.2. The summed E-state index contributed by atoms with van der Waals surface area (Å²) in [6.07, 6.45) is 0.830. The van der Waals surface area contributed by atoms with E-state index in [2.05, 4.69) is 21.2 Å². The average molecular weight is 462 g/mol. The van der Waals surface area contributed by atoms with Crippen LogP contribution in [0.25, 0.3) is 0 Å². The van der Waals surface area contributed by atoms with Crippen molar-refractivity contribution >= 4 is 39.3 Å². The fourth-order valence-electron chi connectivity index (χ4n) is 2.44. The Kier molecular flexibility index (Phi) is 8.86. The normalized spacial score (nSPS) is 10.3. The molecule has 0 saturated heterocycles. The number of amides is 1. The van der Waals surface area contributed by atoms with Crippen LogP contribution in [0, 0.1) is 6.92 Å². The lowest BCUT2D eigenvalue weighted by molar-refractivity contribution is -0.147. The molecular weight excluding hydrogens is 438 g/mol. The first kappa shape index (κ1) is 22.6. The van der Waals surface area contributed by atoms with Gasteiger partial charge in [0.2, 0.25) is 0 Å². The minimum atomic E-state index is -0.598. The van der Waals surface area contributed by atoms with E-state index >= 15 is 0 Å². The van der Waals surface area contributed by atoms with Gasteiger partial charge in [-0.15, -0.1) is 0 Å². The summed E-state index contributed by atoms with van der Waals surface area (Å²) < 4.78 is 11.2. The Morgan fingerprint density at radius 1 is 1.03 bits per heavy atom. The van der Waals surface area contributed by atoms with Crippen molar-refractivity contribution < 1.29 is 23.9 Å². The van der Waals surface area contributed by atoms with Crippen LogP contribution in [0.3, 0.4) is 0 Å². The number of halogens is 1. The second-order valence-corrected chi connectivity index (χ2v) is 7.34. The molecule has 0 aliphatic carbocycles. The van der Waals surface area contributed by atoms with Crippen molar-refractivity contribution in [2.75, 3.05) is 18.5 Å². The predicted octanol–water partition coefficient (Wildman–Crippen LogP) is 4.69. The third-order valence-corrected chi connectivity index (χ3v) is 4.62. The smallest absolute Gasteiger partial charge is 0.306 e. The summed E-state index contributed by atoms with van der Waals surface area (Å²) in [4.78, 5) is 36.0. The lowest BCUT2D eigenvalue weighted by atomic mass is 10.1. The van der Waals surface area contributed by atoms with Gasteiger partial charge in [0.25, 0.3) is 5.91 Å². The van der Waals surface area contributed by atoms with E-state index in [0.29, 0.717) is 23.6 Å². The van der Waals surface area contributed by atoms with E-state index in [-0.39, 0.29) is 18.6 Å². The number of carbonyl (C=O) groups is 3. The van der Waals surface area contributed by atoms with E-state index in [1.807, 2.05) is 26.0 Å². The van der Waals surface area contributed by atoms with Crippen molar-refractivity contribution in [3.63, 3.8) is 0 Å². The van der Waals surface area contributed by atoms with Crippen molar-refractivity contribution in [2.24, 2.45) is 0 Å². The van der Waals surface area contributed by atoms with E-state index in [9.17, 15) is 14.4 Å². The Bertz CT molecular complexity index is 864. The molecule has 0 radical (unpaired) electrons. The average Bonchev–Trinajstić information content (AvgIpc) is 2.71. The molecule has 0 atom stereocenters. The minimum Gasteiger partial charge on any atom is -0.494 e. The molecule has 0 aromatic heterocycles. The molecule has 7 heteroatoms. The Balaban J connectivity index is 1.73. The monoisotopic (exact) mass is 461 g/mol. The number of hydrogen-bond donors (Lipinski definition) is 1. The van der Waals surface area contributed by atoms with Gasteiger partial charge in [-0.3, -0.25) is 14.4 Å². The van der Waals surface area contributed by atoms with E-state index in [1.54, 1.807) is 30.3 Å². The van der Waals surface area contributed by atoms with Gasteiger partial charge in [0.1, 0.15) is 5.75 Å². The number of aryl methyl sites for hydroxylation is 1. The van der Waals surface area contributed by atoms with E-state index in [1.165, 1.54) is 0 Å². The van der Waals surface area contributed by atoms with Crippen molar-refractivity contribution in [1.82, 2.24) is 0 Å². The van der Waals surface area contributed by atoms with Crippen LogP contribution in [0.1, 0.15) is 42.1 Å². The van der Waals surface area contributed by atoms with Gasteiger partial charge in [0, 0.05) is 16.5 Å². The molecule has 0 aliphatic heterocycles. The number of ketones is 1. The van der Waals surface area contributed by atoms with Gasteiger partial charge < -0.3 is 14.8 Å². The Morgan fingerprint density at radius 2 is 1.76 bits per heavy atom. The minimum absolute atomic E-state index is 0.0130. The molecule has 0 aliphatic rings. The summed E-state index contributed by atoms with van der Waals surface area (Å²) in [6.45, 7) is 4.17. The quantitative estimate of drug-likeness (QED) is 0.409. The summed E-state index contributed by atoms with van der Waals surface area (Å²) in [6, 6.07) is 12.3. The van der Waals surface area contributed by atoms with Crippen LogP contribution in [0.5, 0.6) is 5.75 Å². The fourth-order valence-corrected chi connectivity index (χ4v) is 3.04. The highest BCUT2D eigenvalue weighted by Gasteiger charge is 2.13. The molecule has 0 heterocycles. The molecule has 1 N–H and O–H groups in total. The number of ether oxygens (including phenoxy) is 2. The van der Waals surface area contributed by atoms with E-state index in [0.717, 1.165) is 16.5 Å². The first-order valence-electron chi connectivity index (χ1n) is 9.36. The number of rotatable bonds is 10. The van der Waals surface area contributed by atoms with Crippen molar-refractivity contribution in [1.29, 1.82) is 0 Å². The summed E-state index contributed by atoms with van der Waals surface area (Å²) in [5, 5.41) is 2.66. The number of Topliss-reactive ketones (excluding diaryl/α,β-unsaturated/α-hetero) is 1. The molecule has 154 valence electrons. The van der Waals surface area contributed by atoms with Crippen LogP contribution in [-0.4, -0.2) is 30.9 Å². The zero-order valence-corrected chi connectivity index (χ0v) is 18.1. The second-order valence-electron chi connectivity index (χ2n) is 6.49. The maximum absolute atomic E-state index is 12.2. The fraction of sp³-hybridized carbons (Fsp3) is 0.318. The summed E-state index contributed by atoms with van der Waals surface area (Å²) >= 11 is 3.37. The van der Waals surface area contributed by atoms with Crippen molar-refractivity contribution in [2.45, 2.75) is 33.1 Å². The molecule has 0 bridgehead atoms. The molecule has 29 heavy (non-hydrogen) atoms. The molecule has 2 rings (SSSR count). The molecule has 6 nitrogen and oxygen atoms in total. The standard InChI is InChI=1S/C22H24BrNO5/c1-3-12-28-17-7-5-16(6-8-17)20(25)10-11-22(27)29-14-21(26)24-19-9-4-15(2)13-18(19)23/h4-9,13H,3,10-12,14H2,1-2H3,(H,24,26). The van der Waals surface area contributed by atoms with Gasteiger partial charge in [-0.05, 0) is 71.2 Å². The number of benzene rings is 2. The largest absolute Gasteiger partial charge is 0.494 e. The Hall–Kier alpha value is -2.67. The van der Waals surface area contributed by atoms with Crippen LogP contribution in [0.2, 0.25) is 0 Å². The van der Waals surface area contributed by atoms with Gasteiger partial charge in [0.05, 0.1) is 18.7 Å². The van der Waals surface area contributed by atoms with Crippen molar-refractivity contribution in [3.8, 4) is 5.75 Å². The second kappa shape index (κ2) is 11.4. The maximum atomic E-state index is 12.2. The Morgan fingerprint density at radius 3 is 2.41 bits per heavy atom. The van der Waals surface area contributed by atoms with Crippen LogP contribution in [0.15, 0.2) is 46.9 Å². The molecule has 0 spiro atoms.